The van der Waals surface area contributed by atoms with Gasteiger partial charge < -0.3 is 9.26 Å². The molecule has 1 N–H and O–H groups in total. The van der Waals surface area contributed by atoms with E-state index in [4.69, 9.17) is 20.9 Å². The SMILES string of the molecule is Cc1cc(CS(=O)(=O)NC(C)(C)COc2ncc(C(F)(F)F)cc2Cl)no1. The minimum atomic E-state index is -4.58. The number of hydrogen-bond acceptors (Lipinski definition) is 6. The van der Waals surface area contributed by atoms with Crippen LogP contribution in [0.5, 0.6) is 5.88 Å². The van der Waals surface area contributed by atoms with Gasteiger partial charge in [-0.3, -0.25) is 0 Å². The van der Waals surface area contributed by atoms with Crippen LogP contribution in [0.25, 0.3) is 0 Å². The summed E-state index contributed by atoms with van der Waals surface area (Å²) in [5, 5.41) is 3.29. The second-order valence-corrected chi connectivity index (χ2v) is 8.60. The fraction of sp³-hybridized carbons (Fsp3) is 0.467. The summed E-state index contributed by atoms with van der Waals surface area (Å²) in [6.45, 7) is 4.49. The normalized spacial score (nSPS) is 13.0. The van der Waals surface area contributed by atoms with Crippen LogP contribution in [0.4, 0.5) is 13.2 Å². The van der Waals surface area contributed by atoms with Gasteiger partial charge in [0.15, 0.2) is 0 Å². The number of sulfonamides is 1. The molecule has 0 radical (unpaired) electrons. The Morgan fingerprint density at radius 1 is 1.30 bits per heavy atom. The molecule has 0 fully saturated rings. The molecule has 0 spiro atoms. The lowest BCUT2D eigenvalue weighted by atomic mass is 10.1. The highest BCUT2D eigenvalue weighted by Crippen LogP contribution is 2.33. The maximum absolute atomic E-state index is 12.6. The van der Waals surface area contributed by atoms with Crippen molar-refractivity contribution in [3.63, 3.8) is 0 Å². The Morgan fingerprint density at radius 3 is 2.48 bits per heavy atom. The van der Waals surface area contributed by atoms with Crippen LogP contribution in [0.15, 0.2) is 22.9 Å². The van der Waals surface area contributed by atoms with E-state index in [0.29, 0.717) is 18.0 Å². The molecule has 0 bridgehead atoms. The minimum Gasteiger partial charge on any atom is -0.475 e. The highest BCUT2D eigenvalue weighted by Gasteiger charge is 2.32. The van der Waals surface area contributed by atoms with Crippen LogP contribution in [0.3, 0.4) is 0 Å². The van der Waals surface area contributed by atoms with Gasteiger partial charge in [-0.05, 0) is 26.8 Å². The highest BCUT2D eigenvalue weighted by molar-refractivity contribution is 7.88. The maximum Gasteiger partial charge on any atom is 0.417 e. The summed E-state index contributed by atoms with van der Waals surface area (Å²) in [7, 11) is -3.77. The van der Waals surface area contributed by atoms with Crippen LogP contribution in [0, 0.1) is 6.92 Å². The monoisotopic (exact) mass is 427 g/mol. The lowest BCUT2D eigenvalue weighted by Crippen LogP contribution is -2.48. The third kappa shape index (κ3) is 6.36. The van der Waals surface area contributed by atoms with Gasteiger partial charge >= 0.3 is 6.18 Å². The number of aryl methyl sites for hydroxylation is 1. The topological polar surface area (TPSA) is 94.3 Å². The number of nitrogens with one attached hydrogen (secondary N) is 1. The van der Waals surface area contributed by atoms with Gasteiger partial charge in [-0.1, -0.05) is 16.8 Å². The van der Waals surface area contributed by atoms with E-state index in [1.165, 1.54) is 19.9 Å². The Labute approximate surface area is 158 Å². The number of alkyl halides is 3. The molecular formula is C15H17ClF3N3O4S. The number of halogens is 4. The molecule has 7 nitrogen and oxygen atoms in total. The van der Waals surface area contributed by atoms with Gasteiger partial charge in [-0.2, -0.15) is 13.2 Å². The van der Waals surface area contributed by atoms with Gasteiger partial charge in [-0.15, -0.1) is 0 Å². The zero-order valence-electron chi connectivity index (χ0n) is 14.6. The molecular weight excluding hydrogens is 411 g/mol. The van der Waals surface area contributed by atoms with Crippen molar-refractivity contribution >= 4 is 21.6 Å². The van der Waals surface area contributed by atoms with Crippen LogP contribution < -0.4 is 9.46 Å². The first-order valence-electron chi connectivity index (χ1n) is 7.57. The van der Waals surface area contributed by atoms with Crippen molar-refractivity contribution in [1.29, 1.82) is 0 Å². The lowest BCUT2D eigenvalue weighted by molar-refractivity contribution is -0.137. The zero-order chi connectivity index (χ0) is 20.5. The number of pyridine rings is 1. The Kier molecular flexibility index (Phi) is 6.07. The zero-order valence-corrected chi connectivity index (χ0v) is 16.2. The molecule has 2 aromatic rings. The largest absolute Gasteiger partial charge is 0.475 e. The van der Waals surface area contributed by atoms with Gasteiger partial charge in [0.1, 0.15) is 28.8 Å². The predicted octanol–water partition coefficient (Wildman–Crippen LogP) is 3.33. The van der Waals surface area contributed by atoms with Crippen LogP contribution in [0.2, 0.25) is 5.02 Å². The van der Waals surface area contributed by atoms with E-state index in [1.54, 1.807) is 6.92 Å². The Morgan fingerprint density at radius 2 is 1.96 bits per heavy atom. The molecule has 0 amide bonds. The summed E-state index contributed by atoms with van der Waals surface area (Å²) in [4.78, 5) is 3.54. The summed E-state index contributed by atoms with van der Waals surface area (Å²) in [5.41, 5.74) is -1.86. The minimum absolute atomic E-state index is 0.220. The molecule has 0 unspecified atom stereocenters. The Hall–Kier alpha value is -1.85. The van der Waals surface area contributed by atoms with E-state index in [-0.39, 0.29) is 23.2 Å². The fourth-order valence-electron chi connectivity index (χ4n) is 2.10. The van der Waals surface area contributed by atoms with Crippen molar-refractivity contribution in [1.82, 2.24) is 14.9 Å². The first-order chi connectivity index (χ1) is 12.3. The molecule has 2 heterocycles. The molecule has 0 aromatic carbocycles. The van der Waals surface area contributed by atoms with E-state index in [0.717, 1.165) is 0 Å². The van der Waals surface area contributed by atoms with Crippen molar-refractivity contribution in [2.24, 2.45) is 0 Å². The molecule has 2 rings (SSSR count). The van der Waals surface area contributed by atoms with Crippen molar-refractivity contribution in [3.05, 3.63) is 40.4 Å². The average molecular weight is 428 g/mol. The van der Waals surface area contributed by atoms with E-state index in [2.05, 4.69) is 14.9 Å². The number of hydrogen-bond donors (Lipinski definition) is 1. The number of aromatic nitrogens is 2. The molecule has 0 aliphatic heterocycles. The number of rotatable bonds is 7. The molecule has 27 heavy (non-hydrogen) atoms. The van der Waals surface area contributed by atoms with Crippen LogP contribution in [0.1, 0.15) is 30.9 Å². The van der Waals surface area contributed by atoms with Gasteiger partial charge in [0.25, 0.3) is 0 Å². The molecule has 0 saturated heterocycles. The predicted molar refractivity (Wildman–Crippen MR) is 90.8 cm³/mol. The average Bonchev–Trinajstić information content (AvgIpc) is 2.88. The summed E-state index contributed by atoms with van der Waals surface area (Å²) in [6.07, 6.45) is -3.99. The van der Waals surface area contributed by atoms with E-state index < -0.39 is 33.1 Å². The first kappa shape index (κ1) is 21.5. The second kappa shape index (κ2) is 7.64. The summed E-state index contributed by atoms with van der Waals surface area (Å²) in [6, 6.07) is 2.18. The lowest BCUT2D eigenvalue weighted by Gasteiger charge is -2.25. The van der Waals surface area contributed by atoms with E-state index >= 15 is 0 Å². The molecule has 12 heteroatoms. The second-order valence-electron chi connectivity index (χ2n) is 6.47. The summed E-state index contributed by atoms with van der Waals surface area (Å²) in [5.74, 6) is -0.151. The quantitative estimate of drug-likeness (QED) is 0.728. The van der Waals surface area contributed by atoms with Crippen molar-refractivity contribution in [3.8, 4) is 5.88 Å². The highest BCUT2D eigenvalue weighted by atomic mass is 35.5. The molecule has 0 aliphatic rings. The first-order valence-corrected chi connectivity index (χ1v) is 9.60. The Bertz CT molecular complexity index is 913. The smallest absolute Gasteiger partial charge is 0.417 e. The summed E-state index contributed by atoms with van der Waals surface area (Å²) >= 11 is 5.76. The fourth-order valence-corrected chi connectivity index (χ4v) is 3.82. The Balaban J connectivity index is 2.01. The third-order valence-corrected chi connectivity index (χ3v) is 4.96. The van der Waals surface area contributed by atoms with E-state index in [1.807, 2.05) is 0 Å². The van der Waals surface area contributed by atoms with Crippen molar-refractivity contribution in [2.75, 3.05) is 6.61 Å². The van der Waals surface area contributed by atoms with Gasteiger partial charge in [0, 0.05) is 12.3 Å². The van der Waals surface area contributed by atoms with Crippen LogP contribution in [-0.2, 0) is 22.0 Å². The summed E-state index contributed by atoms with van der Waals surface area (Å²) < 4.78 is 74.9. The van der Waals surface area contributed by atoms with Crippen molar-refractivity contribution in [2.45, 2.75) is 38.2 Å². The van der Waals surface area contributed by atoms with Crippen LogP contribution in [-0.4, -0.2) is 30.7 Å². The molecule has 150 valence electrons. The van der Waals surface area contributed by atoms with Gasteiger partial charge in [0.05, 0.1) is 11.1 Å². The standard InChI is InChI=1S/C15H17ClF3N3O4S/c1-9-4-11(21-26-9)7-27(23,24)22-14(2,3)8-25-13-12(16)5-10(6-20-13)15(17,18)19/h4-6,22H,7-8H2,1-3H3. The molecule has 0 aliphatic carbocycles. The van der Waals surface area contributed by atoms with Gasteiger partial charge in [0.2, 0.25) is 15.9 Å². The number of ether oxygens (including phenoxy) is 1. The maximum atomic E-state index is 12.6. The molecule has 0 saturated carbocycles. The van der Waals surface area contributed by atoms with Crippen LogP contribution >= 0.6 is 11.6 Å². The third-order valence-electron chi connectivity index (χ3n) is 3.15. The van der Waals surface area contributed by atoms with E-state index in [9.17, 15) is 21.6 Å². The van der Waals surface area contributed by atoms with Gasteiger partial charge in [-0.25, -0.2) is 18.1 Å². The molecule has 2 aromatic heterocycles. The van der Waals surface area contributed by atoms with Crippen molar-refractivity contribution < 1.29 is 30.8 Å². The number of nitrogens with zero attached hydrogens (tertiary/aromatic N) is 2. The molecule has 0 atom stereocenters.